The Bertz CT molecular complexity index is 1550. The van der Waals surface area contributed by atoms with Crippen molar-refractivity contribution in [3.63, 3.8) is 0 Å². The fourth-order valence-electron chi connectivity index (χ4n) is 3.50. The maximum absolute atomic E-state index is 12.9. The molecule has 0 atom stereocenters. The van der Waals surface area contributed by atoms with Crippen molar-refractivity contribution in [3.8, 4) is 16.9 Å². The van der Waals surface area contributed by atoms with Crippen LogP contribution in [0.4, 0.5) is 0 Å². The van der Waals surface area contributed by atoms with Crippen LogP contribution in [0.25, 0.3) is 27.9 Å². The summed E-state index contributed by atoms with van der Waals surface area (Å²) < 4.78 is 7.55. The third-order valence-corrected chi connectivity index (χ3v) is 5.85. The molecule has 0 saturated heterocycles. The van der Waals surface area contributed by atoms with Gasteiger partial charge in [0.2, 0.25) is 4.80 Å². The summed E-state index contributed by atoms with van der Waals surface area (Å²) >= 11 is 1.42. The molecule has 0 radical (unpaired) electrons. The molecule has 6 heteroatoms. The number of para-hydroxylation sites is 1. The van der Waals surface area contributed by atoms with Gasteiger partial charge in [0.1, 0.15) is 5.58 Å². The first-order valence-corrected chi connectivity index (χ1v) is 11.0. The van der Waals surface area contributed by atoms with Gasteiger partial charge in [0.05, 0.1) is 17.5 Å². The second-order valence-corrected chi connectivity index (χ2v) is 8.16. The van der Waals surface area contributed by atoms with Crippen molar-refractivity contribution in [3.05, 3.63) is 117 Å². The number of thiazole rings is 1. The smallest absolute Gasteiger partial charge is 0.345 e. The van der Waals surface area contributed by atoms with Gasteiger partial charge in [-0.05, 0) is 42.8 Å². The average molecular weight is 438 g/mol. The summed E-state index contributed by atoms with van der Waals surface area (Å²) in [5.74, 6) is 0. The minimum absolute atomic E-state index is 0.386. The number of nitrogens with zero attached hydrogens (tertiary/aromatic N) is 3. The van der Waals surface area contributed by atoms with E-state index in [0.717, 1.165) is 22.2 Å². The van der Waals surface area contributed by atoms with Crippen molar-refractivity contribution in [1.82, 2.24) is 4.57 Å². The van der Waals surface area contributed by atoms with Crippen molar-refractivity contribution < 1.29 is 4.42 Å². The van der Waals surface area contributed by atoms with E-state index in [-0.39, 0.29) is 5.63 Å². The zero-order valence-corrected chi connectivity index (χ0v) is 18.1. The molecule has 0 aliphatic heterocycles. The Morgan fingerprint density at radius 1 is 0.938 bits per heavy atom. The van der Waals surface area contributed by atoms with Gasteiger partial charge in [-0.15, -0.1) is 16.4 Å². The van der Waals surface area contributed by atoms with Crippen molar-refractivity contribution in [2.45, 2.75) is 6.92 Å². The molecule has 0 saturated carbocycles. The molecule has 2 aromatic heterocycles. The number of benzene rings is 3. The lowest BCUT2D eigenvalue weighted by Crippen LogP contribution is -2.15. The van der Waals surface area contributed by atoms with Crippen LogP contribution in [0.1, 0.15) is 11.1 Å². The molecule has 0 spiro atoms. The lowest BCUT2D eigenvalue weighted by atomic mass is 10.1. The van der Waals surface area contributed by atoms with Crippen molar-refractivity contribution >= 4 is 28.5 Å². The molecule has 156 valence electrons. The number of hydrogen-bond donors (Lipinski definition) is 0. The van der Waals surface area contributed by atoms with Crippen LogP contribution >= 0.6 is 11.3 Å². The fraction of sp³-hybridized carbons (Fsp3) is 0.0385. The molecule has 32 heavy (non-hydrogen) atoms. The monoisotopic (exact) mass is 437 g/mol. The molecule has 0 amide bonds. The zero-order chi connectivity index (χ0) is 21.9. The molecular weight excluding hydrogens is 418 g/mol. The highest BCUT2D eigenvalue weighted by molar-refractivity contribution is 7.07. The highest BCUT2D eigenvalue weighted by Gasteiger charge is 2.15. The summed E-state index contributed by atoms with van der Waals surface area (Å²) in [5, 5.41) is 11.5. The number of fused-ring (bicyclic) bond motifs is 1. The van der Waals surface area contributed by atoms with Crippen molar-refractivity contribution in [1.29, 1.82) is 0 Å². The van der Waals surface area contributed by atoms with Crippen LogP contribution in [-0.2, 0) is 0 Å². The number of aryl methyl sites for hydroxylation is 1. The standard InChI is InChI=1S/C26H19N3O2S/c1-18-12-13-24-20(14-18)15-22(25(30)31-24)23-17-32-26(29(23)21-10-6-3-7-11-21)28-27-16-19-8-4-2-5-9-19/h2-17H,1H3/b27-16?,28-26+. The van der Waals surface area contributed by atoms with Crippen LogP contribution in [-0.4, -0.2) is 10.8 Å². The Morgan fingerprint density at radius 2 is 1.69 bits per heavy atom. The Hall–Kier alpha value is -4.03. The van der Waals surface area contributed by atoms with Gasteiger partial charge in [0.25, 0.3) is 0 Å². The fourth-order valence-corrected chi connectivity index (χ4v) is 4.35. The van der Waals surface area contributed by atoms with Crippen LogP contribution in [0.15, 0.2) is 110 Å². The molecule has 5 aromatic rings. The van der Waals surface area contributed by atoms with Gasteiger partial charge in [-0.1, -0.05) is 60.2 Å². The molecule has 0 bridgehead atoms. The van der Waals surface area contributed by atoms with Gasteiger partial charge in [0, 0.05) is 16.5 Å². The van der Waals surface area contributed by atoms with E-state index in [9.17, 15) is 4.79 Å². The second kappa shape index (κ2) is 8.61. The average Bonchev–Trinajstić information content (AvgIpc) is 3.24. The number of aromatic nitrogens is 1. The lowest BCUT2D eigenvalue weighted by molar-refractivity contribution is 0.563. The molecule has 5 rings (SSSR count). The highest BCUT2D eigenvalue weighted by Crippen LogP contribution is 2.24. The lowest BCUT2D eigenvalue weighted by Gasteiger charge is -2.09. The molecule has 0 fully saturated rings. The normalized spacial score (nSPS) is 12.1. The van der Waals surface area contributed by atoms with Gasteiger partial charge in [-0.3, -0.25) is 4.57 Å². The molecule has 0 aliphatic rings. The first-order valence-electron chi connectivity index (χ1n) is 10.1. The molecular formula is C26H19N3O2S. The van der Waals surface area contributed by atoms with E-state index in [1.807, 2.05) is 102 Å². The van der Waals surface area contributed by atoms with E-state index in [1.165, 1.54) is 11.3 Å². The minimum atomic E-state index is -0.386. The molecule has 3 aromatic carbocycles. The van der Waals surface area contributed by atoms with Crippen LogP contribution < -0.4 is 10.4 Å². The Kier molecular flexibility index (Phi) is 5.35. The van der Waals surface area contributed by atoms with Gasteiger partial charge < -0.3 is 4.42 Å². The zero-order valence-electron chi connectivity index (χ0n) is 17.3. The van der Waals surface area contributed by atoms with Crippen LogP contribution in [0.2, 0.25) is 0 Å². The van der Waals surface area contributed by atoms with Gasteiger partial charge in [-0.25, -0.2) is 4.79 Å². The minimum Gasteiger partial charge on any atom is -0.422 e. The Morgan fingerprint density at radius 3 is 2.47 bits per heavy atom. The quantitative estimate of drug-likeness (QED) is 0.210. The van der Waals surface area contributed by atoms with E-state index in [0.29, 0.717) is 21.6 Å². The third-order valence-electron chi connectivity index (χ3n) is 5.04. The van der Waals surface area contributed by atoms with E-state index in [1.54, 1.807) is 6.21 Å². The summed E-state index contributed by atoms with van der Waals surface area (Å²) in [7, 11) is 0. The number of rotatable bonds is 4. The van der Waals surface area contributed by atoms with Crippen LogP contribution in [0.3, 0.4) is 0 Å². The van der Waals surface area contributed by atoms with Gasteiger partial charge in [-0.2, -0.15) is 5.10 Å². The molecule has 2 heterocycles. The first-order chi connectivity index (χ1) is 15.7. The summed E-state index contributed by atoms with van der Waals surface area (Å²) in [4.78, 5) is 13.5. The van der Waals surface area contributed by atoms with Gasteiger partial charge in [0.15, 0.2) is 0 Å². The SMILES string of the molecule is Cc1ccc2oc(=O)c(-c3cs/c(=N/N=Cc4ccccc4)n3-c3ccccc3)cc2c1. The largest absolute Gasteiger partial charge is 0.422 e. The molecule has 0 N–H and O–H groups in total. The number of hydrogen-bond acceptors (Lipinski definition) is 5. The second-order valence-electron chi connectivity index (χ2n) is 7.32. The summed E-state index contributed by atoms with van der Waals surface area (Å²) in [6.45, 7) is 2.01. The van der Waals surface area contributed by atoms with E-state index >= 15 is 0 Å². The Labute approximate surface area is 188 Å². The predicted molar refractivity (Wildman–Crippen MR) is 129 cm³/mol. The molecule has 0 aliphatic carbocycles. The van der Waals surface area contributed by atoms with E-state index in [4.69, 9.17) is 4.42 Å². The molecule has 5 nitrogen and oxygen atoms in total. The predicted octanol–water partition coefficient (Wildman–Crippen LogP) is 5.56. The van der Waals surface area contributed by atoms with Crippen LogP contribution in [0.5, 0.6) is 0 Å². The third kappa shape index (κ3) is 3.96. The molecule has 0 unspecified atom stereocenters. The maximum Gasteiger partial charge on any atom is 0.345 e. The Balaban J connectivity index is 1.69. The first kappa shape index (κ1) is 19.9. The van der Waals surface area contributed by atoms with Gasteiger partial charge >= 0.3 is 5.63 Å². The summed E-state index contributed by atoms with van der Waals surface area (Å²) in [6, 6.07) is 27.3. The highest BCUT2D eigenvalue weighted by atomic mass is 32.1. The summed E-state index contributed by atoms with van der Waals surface area (Å²) in [6.07, 6.45) is 1.71. The van der Waals surface area contributed by atoms with E-state index < -0.39 is 0 Å². The summed E-state index contributed by atoms with van der Waals surface area (Å²) in [5.41, 5.74) is 4.34. The van der Waals surface area contributed by atoms with Crippen molar-refractivity contribution in [2.24, 2.45) is 10.2 Å². The van der Waals surface area contributed by atoms with Crippen LogP contribution in [0, 0.1) is 6.92 Å². The topological polar surface area (TPSA) is 59.9 Å². The maximum atomic E-state index is 12.9. The van der Waals surface area contributed by atoms with E-state index in [2.05, 4.69) is 10.2 Å². The van der Waals surface area contributed by atoms with Crippen molar-refractivity contribution in [2.75, 3.05) is 0 Å².